The SMILES string of the molecule is CN(C[C@@H]1CCCCO1)C(=O)c1cnc(C23CC4CC(CC(C4)C2)C3)[nH]c1=O. The van der Waals surface area contributed by atoms with E-state index in [4.69, 9.17) is 4.74 Å². The molecule has 1 atom stereocenters. The maximum atomic E-state index is 12.8. The zero-order valence-electron chi connectivity index (χ0n) is 16.8. The standard InChI is InChI=1S/C22H31N3O3/c1-25(13-17-4-2-3-5-28-17)20(27)18-12-23-21(24-19(18)26)22-9-14-6-15(10-22)8-16(7-14)11-22/h12,14-17H,2-11,13H2,1H3,(H,23,24,26)/t14?,15?,16?,17-,22?/m0/s1. The smallest absolute Gasteiger partial charge is 0.263 e. The summed E-state index contributed by atoms with van der Waals surface area (Å²) in [4.78, 5) is 34.9. The van der Waals surface area contributed by atoms with Crippen LogP contribution in [0.1, 0.15) is 74.0 Å². The lowest BCUT2D eigenvalue weighted by molar-refractivity contribution is -0.00958. The second-order valence-corrected chi connectivity index (χ2v) is 9.85. The number of rotatable bonds is 4. The van der Waals surface area contributed by atoms with E-state index in [-0.39, 0.29) is 28.5 Å². The van der Waals surface area contributed by atoms with Gasteiger partial charge in [0.25, 0.3) is 11.5 Å². The predicted octanol–water partition coefficient (Wildman–Crippen LogP) is 2.88. The van der Waals surface area contributed by atoms with Crippen molar-refractivity contribution >= 4 is 5.91 Å². The van der Waals surface area contributed by atoms with E-state index in [1.807, 2.05) is 0 Å². The summed E-state index contributed by atoms with van der Waals surface area (Å²) in [5.74, 6) is 2.94. The number of aromatic amines is 1. The summed E-state index contributed by atoms with van der Waals surface area (Å²) < 4.78 is 5.73. The Hall–Kier alpha value is -1.69. The lowest BCUT2D eigenvalue weighted by Crippen LogP contribution is -2.50. The van der Waals surface area contributed by atoms with Crippen molar-refractivity contribution in [3.8, 4) is 0 Å². The zero-order chi connectivity index (χ0) is 19.3. The van der Waals surface area contributed by atoms with E-state index >= 15 is 0 Å². The second-order valence-electron chi connectivity index (χ2n) is 9.85. The van der Waals surface area contributed by atoms with Gasteiger partial charge in [-0.3, -0.25) is 9.59 Å². The van der Waals surface area contributed by atoms with Crippen LogP contribution in [0.2, 0.25) is 0 Å². The van der Waals surface area contributed by atoms with Crippen molar-refractivity contribution in [2.45, 2.75) is 69.3 Å². The van der Waals surface area contributed by atoms with Gasteiger partial charge in [0, 0.05) is 31.8 Å². The lowest BCUT2D eigenvalue weighted by Gasteiger charge is -2.56. The molecule has 6 heteroatoms. The van der Waals surface area contributed by atoms with Crippen LogP contribution in [0.3, 0.4) is 0 Å². The van der Waals surface area contributed by atoms with Gasteiger partial charge in [-0.1, -0.05) is 0 Å². The molecule has 1 aliphatic heterocycles. The fourth-order valence-corrected chi connectivity index (χ4v) is 6.76. The average Bonchev–Trinajstić information content (AvgIpc) is 2.67. The lowest BCUT2D eigenvalue weighted by atomic mass is 9.49. The largest absolute Gasteiger partial charge is 0.376 e. The maximum absolute atomic E-state index is 12.8. The molecule has 6 nitrogen and oxygen atoms in total. The van der Waals surface area contributed by atoms with Crippen LogP contribution in [0.25, 0.3) is 0 Å². The third-order valence-corrected chi connectivity index (χ3v) is 7.67. The first kappa shape index (κ1) is 18.3. The van der Waals surface area contributed by atoms with Gasteiger partial charge < -0.3 is 14.6 Å². The van der Waals surface area contributed by atoms with Crippen LogP contribution >= 0.6 is 0 Å². The number of carbonyl (C=O) groups is 1. The Balaban J connectivity index is 1.34. The monoisotopic (exact) mass is 385 g/mol. The number of ether oxygens (including phenoxy) is 1. The molecular formula is C22H31N3O3. The summed E-state index contributed by atoms with van der Waals surface area (Å²) in [6, 6.07) is 0. The predicted molar refractivity (Wildman–Crippen MR) is 105 cm³/mol. The fourth-order valence-electron chi connectivity index (χ4n) is 6.76. The average molecular weight is 386 g/mol. The van der Waals surface area contributed by atoms with E-state index in [1.54, 1.807) is 11.9 Å². The van der Waals surface area contributed by atoms with Crippen molar-refractivity contribution in [2.75, 3.05) is 20.2 Å². The number of hydrogen-bond donors (Lipinski definition) is 1. The summed E-state index contributed by atoms with van der Waals surface area (Å²) in [5.41, 5.74) is -0.105. The highest BCUT2D eigenvalue weighted by atomic mass is 16.5. The quantitative estimate of drug-likeness (QED) is 0.865. The molecule has 1 amide bonds. The van der Waals surface area contributed by atoms with Gasteiger partial charge in [-0.05, 0) is 75.5 Å². The van der Waals surface area contributed by atoms with Crippen LogP contribution in [0.4, 0.5) is 0 Å². The first-order valence-corrected chi connectivity index (χ1v) is 11.0. The van der Waals surface area contributed by atoms with E-state index in [1.165, 1.54) is 25.5 Å². The van der Waals surface area contributed by atoms with Crippen LogP contribution in [0.15, 0.2) is 11.0 Å². The van der Waals surface area contributed by atoms with E-state index in [0.717, 1.165) is 68.7 Å². The number of likely N-dealkylation sites (N-methyl/N-ethyl adjacent to an activating group) is 1. The van der Waals surface area contributed by atoms with Gasteiger partial charge >= 0.3 is 0 Å². The summed E-state index contributed by atoms with van der Waals surface area (Å²) >= 11 is 0. The molecule has 5 aliphatic rings. The maximum Gasteiger partial charge on any atom is 0.263 e. The molecule has 4 aliphatic carbocycles. The summed E-state index contributed by atoms with van der Waals surface area (Å²) in [7, 11) is 1.74. The van der Waals surface area contributed by atoms with Gasteiger partial charge in [0.05, 0.1) is 6.10 Å². The normalized spacial score (nSPS) is 36.5. The second kappa shape index (κ2) is 6.97. The van der Waals surface area contributed by atoms with E-state index in [0.29, 0.717) is 6.54 Å². The summed E-state index contributed by atoms with van der Waals surface area (Å²) in [6.07, 6.45) is 12.3. The molecule has 0 unspecified atom stereocenters. The Morgan fingerprint density at radius 1 is 1.21 bits per heavy atom. The molecule has 1 aromatic rings. The van der Waals surface area contributed by atoms with Crippen LogP contribution < -0.4 is 5.56 Å². The van der Waals surface area contributed by atoms with Crippen molar-refractivity contribution in [3.63, 3.8) is 0 Å². The number of amides is 1. The van der Waals surface area contributed by atoms with Crippen LogP contribution in [0.5, 0.6) is 0 Å². The van der Waals surface area contributed by atoms with E-state index in [9.17, 15) is 9.59 Å². The van der Waals surface area contributed by atoms with Gasteiger partial charge in [-0.15, -0.1) is 0 Å². The number of carbonyl (C=O) groups excluding carboxylic acids is 1. The molecule has 6 rings (SSSR count). The molecule has 4 saturated carbocycles. The Labute approximate surface area is 166 Å². The first-order valence-electron chi connectivity index (χ1n) is 11.0. The van der Waals surface area contributed by atoms with Crippen molar-refractivity contribution in [1.29, 1.82) is 0 Å². The number of nitrogens with one attached hydrogen (secondary N) is 1. The molecular weight excluding hydrogens is 354 g/mol. The highest BCUT2D eigenvalue weighted by Gasteiger charge is 2.53. The summed E-state index contributed by atoms with van der Waals surface area (Å²) in [6.45, 7) is 1.28. The number of nitrogens with zero attached hydrogens (tertiary/aromatic N) is 2. The molecule has 1 N–H and O–H groups in total. The number of hydrogen-bond acceptors (Lipinski definition) is 4. The van der Waals surface area contributed by atoms with Crippen molar-refractivity contribution in [3.05, 3.63) is 27.9 Å². The Kier molecular flexibility index (Phi) is 4.57. The zero-order valence-corrected chi connectivity index (χ0v) is 16.8. The van der Waals surface area contributed by atoms with Gasteiger partial charge in [-0.25, -0.2) is 4.98 Å². The Morgan fingerprint density at radius 2 is 1.89 bits per heavy atom. The van der Waals surface area contributed by atoms with Crippen molar-refractivity contribution in [2.24, 2.45) is 17.8 Å². The third-order valence-electron chi connectivity index (χ3n) is 7.67. The van der Waals surface area contributed by atoms with Gasteiger partial charge in [0.2, 0.25) is 0 Å². The van der Waals surface area contributed by atoms with Gasteiger partial charge in [-0.2, -0.15) is 0 Å². The fraction of sp³-hybridized carbons (Fsp3) is 0.773. The minimum Gasteiger partial charge on any atom is -0.376 e. The number of aromatic nitrogens is 2. The highest BCUT2D eigenvalue weighted by Crippen LogP contribution is 2.59. The van der Waals surface area contributed by atoms with E-state index < -0.39 is 0 Å². The molecule has 1 aromatic heterocycles. The molecule has 1 saturated heterocycles. The van der Waals surface area contributed by atoms with Crippen LogP contribution in [0, 0.1) is 17.8 Å². The number of H-pyrrole nitrogens is 1. The molecule has 0 aromatic carbocycles. The Morgan fingerprint density at radius 3 is 2.46 bits per heavy atom. The molecule has 4 bridgehead atoms. The van der Waals surface area contributed by atoms with Crippen LogP contribution in [-0.2, 0) is 10.2 Å². The highest BCUT2D eigenvalue weighted by molar-refractivity contribution is 5.93. The van der Waals surface area contributed by atoms with Gasteiger partial charge in [0.1, 0.15) is 11.4 Å². The Bertz CT molecular complexity index is 776. The molecule has 2 heterocycles. The van der Waals surface area contributed by atoms with E-state index in [2.05, 4.69) is 9.97 Å². The minimum atomic E-state index is -0.290. The van der Waals surface area contributed by atoms with Gasteiger partial charge in [0.15, 0.2) is 0 Å². The first-order chi connectivity index (χ1) is 13.5. The molecule has 5 fully saturated rings. The molecule has 28 heavy (non-hydrogen) atoms. The molecule has 152 valence electrons. The van der Waals surface area contributed by atoms with Crippen molar-refractivity contribution in [1.82, 2.24) is 14.9 Å². The molecule has 0 spiro atoms. The third kappa shape index (κ3) is 3.19. The molecule has 0 radical (unpaired) electrons. The van der Waals surface area contributed by atoms with Crippen molar-refractivity contribution < 1.29 is 9.53 Å². The summed E-state index contributed by atoms with van der Waals surface area (Å²) in [5, 5.41) is 0. The van der Waals surface area contributed by atoms with Crippen LogP contribution in [-0.4, -0.2) is 47.1 Å². The minimum absolute atomic E-state index is 0.0390. The topological polar surface area (TPSA) is 75.3 Å².